The molecule has 1 aromatic heterocycles. The van der Waals surface area contributed by atoms with Gasteiger partial charge >= 0.3 is 108 Å². The number of benzene rings is 1. The summed E-state index contributed by atoms with van der Waals surface area (Å²) in [5.74, 6) is 0.104. The van der Waals surface area contributed by atoms with Crippen molar-refractivity contribution in [2.24, 2.45) is 0 Å². The normalized spacial score (nSPS) is 17.2. The molecule has 0 unspecified atom stereocenters. The van der Waals surface area contributed by atoms with Crippen molar-refractivity contribution < 1.29 is 9.90 Å². The fourth-order valence-corrected chi connectivity index (χ4v) is 11.3. The van der Waals surface area contributed by atoms with Gasteiger partial charge in [-0.1, -0.05) is 0 Å². The van der Waals surface area contributed by atoms with Gasteiger partial charge in [0.1, 0.15) is 0 Å². The second-order valence-electron chi connectivity index (χ2n) is 3.25. The Kier molecular flexibility index (Phi) is 3.07. The van der Waals surface area contributed by atoms with Crippen molar-refractivity contribution in [3.8, 4) is 5.75 Å². The standard InChI is InChI=1S/C10H6O2P2Se2/c11-5-1-2-6-7(3-5)16-10(13-6)9-14-8(12)4-15-9/h1-3,11H,4H2/p-1. The zero-order valence-corrected chi connectivity index (χ0v) is 13.2. The maximum absolute atomic E-state index is 11.3. The summed E-state index contributed by atoms with van der Waals surface area (Å²) in [6.07, 6.45) is 0. The van der Waals surface area contributed by atoms with Gasteiger partial charge in [0.25, 0.3) is 0 Å². The van der Waals surface area contributed by atoms with Gasteiger partial charge in [-0.15, -0.1) is 0 Å². The second kappa shape index (κ2) is 4.39. The molecule has 0 amide bonds. The van der Waals surface area contributed by atoms with E-state index in [2.05, 4.69) is 0 Å². The summed E-state index contributed by atoms with van der Waals surface area (Å²) in [6, 6.07) is 5.34. The van der Waals surface area contributed by atoms with Crippen LogP contribution < -0.4 is 5.11 Å². The van der Waals surface area contributed by atoms with Crippen LogP contribution in [0.15, 0.2) is 18.2 Å². The van der Waals surface area contributed by atoms with Crippen molar-refractivity contribution in [3.63, 3.8) is 0 Å². The van der Waals surface area contributed by atoms with Crippen LogP contribution in [0.2, 0.25) is 5.32 Å². The van der Waals surface area contributed by atoms with Crippen LogP contribution in [0.1, 0.15) is 4.17 Å². The molecule has 0 fully saturated rings. The van der Waals surface area contributed by atoms with E-state index in [0.717, 1.165) is 13.5 Å². The maximum atomic E-state index is 11.3. The van der Waals surface area contributed by atoms with E-state index in [0.29, 0.717) is 20.5 Å². The summed E-state index contributed by atoms with van der Waals surface area (Å²) in [4.78, 5) is 11.3. The van der Waals surface area contributed by atoms with Crippen LogP contribution in [-0.4, -0.2) is 39.2 Å². The topological polar surface area (TPSA) is 40.1 Å². The first-order valence-corrected chi connectivity index (χ1v) is 10.1. The third-order valence-corrected chi connectivity index (χ3v) is 12.5. The molecule has 3 rings (SSSR count). The number of hydrogen-bond donors (Lipinski definition) is 0. The van der Waals surface area contributed by atoms with Crippen LogP contribution in [0, 0.1) is 0 Å². The summed E-state index contributed by atoms with van der Waals surface area (Å²) in [5.41, 5.74) is 0.369. The molecule has 2 nitrogen and oxygen atoms in total. The summed E-state index contributed by atoms with van der Waals surface area (Å²) in [6.45, 7) is 0. The molecule has 1 aliphatic heterocycles. The van der Waals surface area contributed by atoms with Crippen LogP contribution in [0.4, 0.5) is 0 Å². The van der Waals surface area contributed by atoms with Gasteiger partial charge in [0, 0.05) is 0 Å². The minimum absolute atomic E-state index is 0.104. The zero-order chi connectivity index (χ0) is 11.1. The van der Waals surface area contributed by atoms with E-state index in [-0.39, 0.29) is 20.3 Å². The second-order valence-corrected chi connectivity index (χ2v) is 11.2. The van der Waals surface area contributed by atoms with Crippen LogP contribution in [0.25, 0.3) is 9.38 Å². The van der Waals surface area contributed by atoms with E-state index in [1.807, 2.05) is 6.07 Å². The summed E-state index contributed by atoms with van der Waals surface area (Å²) < 4.78 is 4.03. The van der Waals surface area contributed by atoms with Crippen LogP contribution >= 0.6 is 16.4 Å². The number of rotatable bonds is 1. The average Bonchev–Trinajstić information content (AvgIpc) is 2.83. The van der Waals surface area contributed by atoms with Gasteiger partial charge < -0.3 is 0 Å². The Hall–Kier alpha value is 0.0690. The molecule has 1 aliphatic rings. The van der Waals surface area contributed by atoms with Crippen LogP contribution in [0.3, 0.4) is 0 Å². The molecule has 6 heteroatoms. The fraction of sp³-hybridized carbons (Fsp3) is 0.100. The monoisotopic (exact) mass is 379 g/mol. The number of carbonyl (C=O) groups excluding carboxylic acids is 1. The van der Waals surface area contributed by atoms with Gasteiger partial charge in [-0.25, -0.2) is 0 Å². The Balaban J connectivity index is 2.12. The predicted octanol–water partition coefficient (Wildman–Crippen LogP) is 1.64. The van der Waals surface area contributed by atoms with Crippen molar-refractivity contribution in [2.45, 2.75) is 5.32 Å². The first-order chi connectivity index (χ1) is 7.72. The Morgan fingerprint density at radius 2 is 2.25 bits per heavy atom. The van der Waals surface area contributed by atoms with Crippen molar-refractivity contribution in [2.75, 3.05) is 0 Å². The van der Waals surface area contributed by atoms with E-state index in [4.69, 9.17) is 0 Å². The van der Waals surface area contributed by atoms with Gasteiger partial charge in [0.05, 0.1) is 0 Å². The van der Waals surface area contributed by atoms with E-state index >= 15 is 0 Å². The Labute approximate surface area is 108 Å². The minimum atomic E-state index is 0.104. The van der Waals surface area contributed by atoms with Crippen LogP contribution in [-0.2, 0) is 4.79 Å². The van der Waals surface area contributed by atoms with E-state index in [1.54, 1.807) is 12.1 Å². The molecule has 0 atom stereocenters. The third-order valence-electron chi connectivity index (χ3n) is 2.10. The number of hydrogen-bond acceptors (Lipinski definition) is 2. The molecule has 0 radical (unpaired) electrons. The van der Waals surface area contributed by atoms with Gasteiger partial charge in [-0.2, -0.15) is 0 Å². The van der Waals surface area contributed by atoms with Crippen molar-refractivity contribution in [1.29, 1.82) is 0 Å². The molecule has 2 heterocycles. The van der Waals surface area contributed by atoms with Gasteiger partial charge in [0.2, 0.25) is 0 Å². The van der Waals surface area contributed by atoms with E-state index < -0.39 is 0 Å². The van der Waals surface area contributed by atoms with Crippen molar-refractivity contribution in [3.05, 3.63) is 22.4 Å². The number of carbonyl (C=O) groups is 1. The van der Waals surface area contributed by atoms with E-state index in [1.165, 1.54) is 25.9 Å². The Morgan fingerprint density at radius 1 is 1.38 bits per heavy atom. The molecule has 0 bridgehead atoms. The first kappa shape index (κ1) is 11.2. The first-order valence-electron chi connectivity index (χ1n) is 4.55. The summed E-state index contributed by atoms with van der Waals surface area (Å²) >= 11 is 0.664. The molecule has 0 saturated carbocycles. The quantitative estimate of drug-likeness (QED) is 0.560. The molecule has 2 aromatic rings. The Bertz CT molecular complexity index is 618. The molecular formula is C10H5O2P2Se2-. The Morgan fingerprint density at radius 3 is 3.00 bits per heavy atom. The van der Waals surface area contributed by atoms with Crippen molar-refractivity contribution >= 4 is 65.0 Å². The summed E-state index contributed by atoms with van der Waals surface area (Å²) in [5, 5.41) is 13.3. The van der Waals surface area contributed by atoms with Crippen molar-refractivity contribution in [1.82, 2.24) is 0 Å². The van der Waals surface area contributed by atoms with Crippen LogP contribution in [0.5, 0.6) is 5.75 Å². The zero-order valence-electron chi connectivity index (χ0n) is 7.97. The molecule has 1 aromatic carbocycles. The molecule has 0 aliphatic carbocycles. The number of fused-ring (bicyclic) bond motifs is 1. The predicted molar refractivity (Wildman–Crippen MR) is 69.4 cm³/mol. The molecule has 0 N–H and O–H groups in total. The van der Waals surface area contributed by atoms with Gasteiger partial charge in [-0.3, -0.25) is 0 Å². The third kappa shape index (κ3) is 2.07. The molecule has 0 saturated heterocycles. The molecule has 0 spiro atoms. The fourth-order valence-electron chi connectivity index (χ4n) is 1.41. The van der Waals surface area contributed by atoms with E-state index in [9.17, 15) is 9.90 Å². The van der Waals surface area contributed by atoms with Gasteiger partial charge in [-0.05, 0) is 0 Å². The SMILES string of the molecule is O=C1C[Se]C(c2pc3ccc([O-])cc3[se]2)=P1. The molecule has 16 heavy (non-hydrogen) atoms. The molecule has 80 valence electrons. The summed E-state index contributed by atoms with van der Waals surface area (Å²) in [7, 11) is 2.18. The molecular weight excluding hydrogens is 372 g/mol. The van der Waals surface area contributed by atoms with Gasteiger partial charge in [0.15, 0.2) is 0 Å². The average molecular weight is 377 g/mol.